The van der Waals surface area contributed by atoms with Gasteiger partial charge in [0.05, 0.1) is 5.25 Å². The molecule has 0 aliphatic heterocycles. The molecule has 0 radical (unpaired) electrons. The van der Waals surface area contributed by atoms with Crippen LogP contribution in [0.5, 0.6) is 0 Å². The van der Waals surface area contributed by atoms with E-state index in [1.54, 1.807) is 0 Å². The second-order valence-corrected chi connectivity index (χ2v) is 8.57. The minimum absolute atomic E-state index is 0.368. The van der Waals surface area contributed by atoms with Crippen molar-refractivity contribution < 1.29 is 4.21 Å². The lowest BCUT2D eigenvalue weighted by Crippen LogP contribution is -2.49. The molecule has 114 valence electrons. The largest absolute Gasteiger partial charge is 0.313 e. The van der Waals surface area contributed by atoms with Crippen molar-refractivity contribution in [3.8, 4) is 0 Å². The Morgan fingerprint density at radius 3 is 2.58 bits per heavy atom. The Kier molecular flexibility index (Phi) is 7.60. The van der Waals surface area contributed by atoms with Crippen LogP contribution < -0.4 is 5.32 Å². The quantitative estimate of drug-likeness (QED) is 0.687. The molecule has 0 saturated heterocycles. The molecule has 3 atom stereocenters. The summed E-state index contributed by atoms with van der Waals surface area (Å²) in [5.41, 5.74) is 0.371. The van der Waals surface area contributed by atoms with Gasteiger partial charge in [0, 0.05) is 22.6 Å². The van der Waals surface area contributed by atoms with Gasteiger partial charge in [0.1, 0.15) is 0 Å². The van der Waals surface area contributed by atoms with Crippen molar-refractivity contribution >= 4 is 10.8 Å². The van der Waals surface area contributed by atoms with Crippen LogP contribution in [-0.4, -0.2) is 27.8 Å². The fraction of sp³-hybridized carbons (Fsp3) is 1.00. The Balaban J connectivity index is 2.57. The van der Waals surface area contributed by atoms with Crippen molar-refractivity contribution in [3.63, 3.8) is 0 Å². The molecule has 2 nitrogen and oxygen atoms in total. The van der Waals surface area contributed by atoms with Gasteiger partial charge in [-0.1, -0.05) is 40.5 Å². The SMILES string of the molecule is CCCCCS(=O)C1CC(C)(C)CCC1NCCC. The van der Waals surface area contributed by atoms with Crippen LogP contribution in [0.15, 0.2) is 0 Å². The molecule has 1 rings (SSSR count). The van der Waals surface area contributed by atoms with E-state index in [9.17, 15) is 4.21 Å². The first kappa shape index (κ1) is 17.2. The first-order valence-electron chi connectivity index (χ1n) is 8.10. The van der Waals surface area contributed by atoms with Gasteiger partial charge in [-0.15, -0.1) is 0 Å². The Hall–Kier alpha value is 0.110. The van der Waals surface area contributed by atoms with Crippen LogP contribution in [0.25, 0.3) is 0 Å². The fourth-order valence-electron chi connectivity index (χ4n) is 3.01. The fourth-order valence-corrected chi connectivity index (χ4v) is 5.03. The van der Waals surface area contributed by atoms with Gasteiger partial charge < -0.3 is 5.32 Å². The monoisotopic (exact) mass is 287 g/mol. The molecule has 1 saturated carbocycles. The van der Waals surface area contributed by atoms with E-state index in [0.29, 0.717) is 16.7 Å². The molecule has 0 aromatic heterocycles. The Bertz CT molecular complexity index is 278. The highest BCUT2D eigenvalue weighted by molar-refractivity contribution is 7.85. The van der Waals surface area contributed by atoms with Gasteiger partial charge in [-0.05, 0) is 44.1 Å². The van der Waals surface area contributed by atoms with Gasteiger partial charge in [0.2, 0.25) is 0 Å². The third-order valence-corrected chi connectivity index (χ3v) is 6.14. The summed E-state index contributed by atoms with van der Waals surface area (Å²) in [5, 5.41) is 4.01. The van der Waals surface area contributed by atoms with E-state index in [0.717, 1.165) is 31.6 Å². The summed E-state index contributed by atoms with van der Waals surface area (Å²) < 4.78 is 12.6. The van der Waals surface area contributed by atoms with Crippen LogP contribution in [0.4, 0.5) is 0 Å². The number of nitrogens with one attached hydrogen (secondary N) is 1. The van der Waals surface area contributed by atoms with E-state index in [2.05, 4.69) is 33.0 Å². The summed E-state index contributed by atoms with van der Waals surface area (Å²) in [6.45, 7) is 10.1. The zero-order valence-corrected chi connectivity index (χ0v) is 14.2. The minimum atomic E-state index is -0.651. The molecule has 1 aliphatic carbocycles. The average Bonchev–Trinajstić information content (AvgIpc) is 2.37. The highest BCUT2D eigenvalue weighted by atomic mass is 32.2. The van der Waals surface area contributed by atoms with Crippen LogP contribution in [0, 0.1) is 5.41 Å². The summed E-state index contributed by atoms with van der Waals surface area (Å²) >= 11 is 0. The van der Waals surface area contributed by atoms with Crippen LogP contribution in [-0.2, 0) is 10.8 Å². The third-order valence-electron chi connectivity index (χ3n) is 4.28. The van der Waals surface area contributed by atoms with Crippen molar-refractivity contribution in [1.29, 1.82) is 0 Å². The number of rotatable bonds is 8. The van der Waals surface area contributed by atoms with Gasteiger partial charge >= 0.3 is 0 Å². The first-order chi connectivity index (χ1) is 9.00. The highest BCUT2D eigenvalue weighted by Gasteiger charge is 2.37. The van der Waals surface area contributed by atoms with Crippen LogP contribution >= 0.6 is 0 Å². The molecule has 1 fully saturated rings. The lowest BCUT2D eigenvalue weighted by atomic mass is 9.75. The number of unbranched alkanes of at least 4 members (excludes halogenated alkanes) is 2. The average molecular weight is 288 g/mol. The van der Waals surface area contributed by atoms with Crippen molar-refractivity contribution in [2.24, 2.45) is 5.41 Å². The van der Waals surface area contributed by atoms with E-state index in [1.165, 1.54) is 25.7 Å². The van der Waals surface area contributed by atoms with Crippen molar-refractivity contribution in [2.45, 2.75) is 83.9 Å². The van der Waals surface area contributed by atoms with Crippen molar-refractivity contribution in [1.82, 2.24) is 5.32 Å². The van der Waals surface area contributed by atoms with Crippen molar-refractivity contribution in [2.75, 3.05) is 12.3 Å². The lowest BCUT2D eigenvalue weighted by molar-refractivity contribution is 0.211. The predicted octanol–water partition coefficient (Wildman–Crippen LogP) is 3.87. The Morgan fingerprint density at radius 1 is 1.21 bits per heavy atom. The molecule has 3 heteroatoms. The molecule has 1 N–H and O–H groups in total. The molecule has 0 aromatic carbocycles. The number of hydrogen-bond donors (Lipinski definition) is 1. The van der Waals surface area contributed by atoms with E-state index >= 15 is 0 Å². The molecule has 0 aromatic rings. The third kappa shape index (κ3) is 5.95. The van der Waals surface area contributed by atoms with Crippen molar-refractivity contribution in [3.05, 3.63) is 0 Å². The molecule has 0 spiro atoms. The maximum Gasteiger partial charge on any atom is 0.0506 e. The van der Waals surface area contributed by atoms with E-state index in [-0.39, 0.29) is 0 Å². The van der Waals surface area contributed by atoms with E-state index < -0.39 is 10.8 Å². The lowest BCUT2D eigenvalue weighted by Gasteiger charge is -2.40. The van der Waals surface area contributed by atoms with Crippen LogP contribution in [0.3, 0.4) is 0 Å². The summed E-state index contributed by atoms with van der Waals surface area (Å²) in [4.78, 5) is 0. The molecular weight excluding hydrogens is 254 g/mol. The molecular formula is C16H33NOS. The highest BCUT2D eigenvalue weighted by Crippen LogP contribution is 2.37. The minimum Gasteiger partial charge on any atom is -0.313 e. The summed E-state index contributed by atoms with van der Waals surface area (Å²) in [6.07, 6.45) is 8.29. The van der Waals surface area contributed by atoms with Gasteiger partial charge in [-0.25, -0.2) is 0 Å². The van der Waals surface area contributed by atoms with E-state index in [4.69, 9.17) is 0 Å². The topological polar surface area (TPSA) is 29.1 Å². The molecule has 0 bridgehead atoms. The molecule has 0 amide bonds. The Morgan fingerprint density at radius 2 is 1.95 bits per heavy atom. The van der Waals surface area contributed by atoms with Crippen LogP contribution in [0.2, 0.25) is 0 Å². The molecule has 19 heavy (non-hydrogen) atoms. The molecule has 3 unspecified atom stereocenters. The maximum atomic E-state index is 12.6. The zero-order valence-electron chi connectivity index (χ0n) is 13.3. The molecule has 1 aliphatic rings. The smallest absolute Gasteiger partial charge is 0.0506 e. The van der Waals surface area contributed by atoms with Gasteiger partial charge in [-0.3, -0.25) is 4.21 Å². The normalized spacial score (nSPS) is 28.2. The van der Waals surface area contributed by atoms with Gasteiger partial charge in [0.15, 0.2) is 0 Å². The Labute approximate surface area is 122 Å². The standard InChI is InChI=1S/C16H33NOS/c1-5-7-8-12-19(18)15-13-16(3,4)10-9-14(15)17-11-6-2/h14-15,17H,5-13H2,1-4H3. The first-order valence-corrected chi connectivity index (χ1v) is 9.49. The molecule has 0 heterocycles. The zero-order chi connectivity index (χ0) is 14.3. The maximum absolute atomic E-state index is 12.6. The second kappa shape index (κ2) is 8.41. The van der Waals surface area contributed by atoms with Gasteiger partial charge in [0.25, 0.3) is 0 Å². The summed E-state index contributed by atoms with van der Waals surface area (Å²) in [5.74, 6) is 0.902. The van der Waals surface area contributed by atoms with Crippen LogP contribution in [0.1, 0.15) is 72.6 Å². The summed E-state index contributed by atoms with van der Waals surface area (Å²) in [7, 11) is -0.651. The van der Waals surface area contributed by atoms with Gasteiger partial charge in [-0.2, -0.15) is 0 Å². The predicted molar refractivity (Wildman–Crippen MR) is 86.0 cm³/mol. The second-order valence-electron chi connectivity index (χ2n) is 6.80. The van der Waals surface area contributed by atoms with E-state index in [1.807, 2.05) is 0 Å². The summed E-state index contributed by atoms with van der Waals surface area (Å²) in [6, 6.07) is 0.482. The number of hydrogen-bond acceptors (Lipinski definition) is 2.